The molecule has 0 bridgehead atoms. The van der Waals surface area contributed by atoms with Gasteiger partial charge in [0.25, 0.3) is 0 Å². The van der Waals surface area contributed by atoms with Gasteiger partial charge in [0.15, 0.2) is 6.29 Å². The third-order valence-corrected chi connectivity index (χ3v) is 5.12. The molecule has 0 aliphatic rings. The molecular formula is C26H54O6. The molecule has 3 unspecified atom stereocenters. The summed E-state index contributed by atoms with van der Waals surface area (Å²) in [6, 6.07) is 0. The summed E-state index contributed by atoms with van der Waals surface area (Å²) < 4.78 is 25.6. The molecule has 0 aromatic heterocycles. The second-order valence-corrected chi connectivity index (χ2v) is 10.7. The van der Waals surface area contributed by atoms with Crippen LogP contribution in [0, 0.1) is 11.3 Å². The Bertz CT molecular complexity index is 460. The van der Waals surface area contributed by atoms with Gasteiger partial charge < -0.3 is 18.9 Å². The van der Waals surface area contributed by atoms with Crippen molar-refractivity contribution in [3.8, 4) is 0 Å². The van der Waals surface area contributed by atoms with Crippen LogP contribution in [0.2, 0.25) is 0 Å². The number of ether oxygens (including phenoxy) is 4. The van der Waals surface area contributed by atoms with Crippen molar-refractivity contribution in [1.82, 2.24) is 0 Å². The Kier molecular flexibility index (Phi) is 15.5. The maximum absolute atomic E-state index is 6.52. The minimum Gasteiger partial charge on any atom is -0.352 e. The third kappa shape index (κ3) is 11.8. The lowest BCUT2D eigenvalue weighted by molar-refractivity contribution is -0.560. The van der Waals surface area contributed by atoms with Gasteiger partial charge in [-0.25, -0.2) is 4.89 Å². The highest BCUT2D eigenvalue weighted by Crippen LogP contribution is 2.45. The Hall–Kier alpha value is -0.240. The molecule has 32 heavy (non-hydrogen) atoms. The summed E-state index contributed by atoms with van der Waals surface area (Å²) in [6.07, 6.45) is 5.38. The molecule has 0 amide bonds. The van der Waals surface area contributed by atoms with E-state index in [2.05, 4.69) is 41.5 Å². The topological polar surface area (TPSA) is 55.4 Å². The Morgan fingerprint density at radius 3 is 1.91 bits per heavy atom. The smallest absolute Gasteiger partial charge is 0.322 e. The standard InChI is InChI=1S/C26H54O6/c1-12-15-17-19-29-32-26(28-20-21(4)5,31-24(7,8)9)25(10,11)23(27-18-16-13-2)30-22(6)14-3/h21-23H,12-20H2,1-11H3. The molecule has 0 aliphatic carbocycles. The van der Waals surface area contributed by atoms with Gasteiger partial charge in [-0.1, -0.05) is 53.9 Å². The Morgan fingerprint density at radius 2 is 1.41 bits per heavy atom. The van der Waals surface area contributed by atoms with Gasteiger partial charge in [0.1, 0.15) is 0 Å². The molecule has 0 saturated heterocycles. The quantitative estimate of drug-likeness (QED) is 0.0872. The molecule has 0 fully saturated rings. The predicted molar refractivity (Wildman–Crippen MR) is 130 cm³/mol. The summed E-state index contributed by atoms with van der Waals surface area (Å²) in [6.45, 7) is 24.1. The van der Waals surface area contributed by atoms with Crippen LogP contribution in [0.4, 0.5) is 0 Å². The van der Waals surface area contributed by atoms with E-state index in [9.17, 15) is 0 Å². The molecule has 0 aliphatic heterocycles. The molecule has 0 rings (SSSR count). The van der Waals surface area contributed by atoms with Crippen molar-refractivity contribution in [1.29, 1.82) is 0 Å². The van der Waals surface area contributed by atoms with Gasteiger partial charge in [-0.2, -0.15) is 4.89 Å². The predicted octanol–water partition coefficient (Wildman–Crippen LogP) is 7.25. The molecule has 0 saturated carbocycles. The second kappa shape index (κ2) is 15.6. The average Bonchev–Trinajstić information content (AvgIpc) is 2.69. The molecule has 194 valence electrons. The van der Waals surface area contributed by atoms with Gasteiger partial charge in [-0.3, -0.25) is 0 Å². The minimum absolute atomic E-state index is 0.0174. The number of hydrogen-bond acceptors (Lipinski definition) is 6. The highest BCUT2D eigenvalue weighted by atomic mass is 17.3. The van der Waals surface area contributed by atoms with E-state index >= 15 is 0 Å². The lowest BCUT2D eigenvalue weighted by Gasteiger charge is -2.49. The highest BCUT2D eigenvalue weighted by Gasteiger charge is 2.58. The van der Waals surface area contributed by atoms with Crippen molar-refractivity contribution in [2.24, 2.45) is 11.3 Å². The van der Waals surface area contributed by atoms with E-state index in [0.29, 0.717) is 19.8 Å². The van der Waals surface area contributed by atoms with Crippen molar-refractivity contribution < 1.29 is 28.7 Å². The maximum atomic E-state index is 6.52. The van der Waals surface area contributed by atoms with E-state index in [1.165, 1.54) is 0 Å². The van der Waals surface area contributed by atoms with E-state index in [-0.39, 0.29) is 12.0 Å². The van der Waals surface area contributed by atoms with Crippen molar-refractivity contribution in [3.05, 3.63) is 0 Å². The minimum atomic E-state index is -1.51. The molecule has 6 nitrogen and oxygen atoms in total. The molecule has 0 aromatic rings. The average molecular weight is 463 g/mol. The van der Waals surface area contributed by atoms with Crippen LogP contribution in [0.25, 0.3) is 0 Å². The van der Waals surface area contributed by atoms with Crippen molar-refractivity contribution >= 4 is 0 Å². The molecule has 0 spiro atoms. The van der Waals surface area contributed by atoms with E-state index < -0.39 is 23.3 Å². The molecule has 0 radical (unpaired) electrons. The van der Waals surface area contributed by atoms with Gasteiger partial charge in [0.05, 0.1) is 30.3 Å². The van der Waals surface area contributed by atoms with E-state index in [0.717, 1.165) is 38.5 Å². The van der Waals surface area contributed by atoms with Gasteiger partial charge in [0.2, 0.25) is 0 Å². The summed E-state index contributed by atoms with van der Waals surface area (Å²) >= 11 is 0. The molecule has 0 aromatic carbocycles. The summed E-state index contributed by atoms with van der Waals surface area (Å²) in [5.41, 5.74) is -1.39. The lowest BCUT2D eigenvalue weighted by atomic mass is 9.87. The fourth-order valence-electron chi connectivity index (χ4n) is 2.91. The first kappa shape index (κ1) is 31.8. The molecule has 3 atom stereocenters. The fraction of sp³-hybridized carbons (Fsp3) is 1.00. The zero-order valence-corrected chi connectivity index (χ0v) is 23.0. The van der Waals surface area contributed by atoms with Gasteiger partial charge >= 0.3 is 5.97 Å². The summed E-state index contributed by atoms with van der Waals surface area (Å²) in [7, 11) is 0. The maximum Gasteiger partial charge on any atom is 0.322 e. The highest BCUT2D eigenvalue weighted by molar-refractivity contribution is 4.87. The van der Waals surface area contributed by atoms with Crippen LogP contribution in [-0.2, 0) is 28.7 Å². The van der Waals surface area contributed by atoms with Crippen LogP contribution in [-0.4, -0.2) is 43.8 Å². The Balaban J connectivity index is 6.09. The third-order valence-electron chi connectivity index (χ3n) is 5.12. The largest absolute Gasteiger partial charge is 0.352 e. The zero-order chi connectivity index (χ0) is 24.8. The van der Waals surface area contributed by atoms with E-state index in [1.54, 1.807) is 0 Å². The lowest BCUT2D eigenvalue weighted by Crippen LogP contribution is -2.61. The zero-order valence-electron chi connectivity index (χ0n) is 23.0. The number of hydrogen-bond donors (Lipinski definition) is 0. The Morgan fingerprint density at radius 1 is 0.781 bits per heavy atom. The summed E-state index contributed by atoms with van der Waals surface area (Å²) in [5.74, 6) is -1.22. The van der Waals surface area contributed by atoms with E-state index in [1.807, 2.05) is 34.6 Å². The van der Waals surface area contributed by atoms with Crippen LogP contribution < -0.4 is 0 Å². The van der Waals surface area contributed by atoms with Crippen LogP contribution in [0.15, 0.2) is 0 Å². The van der Waals surface area contributed by atoms with Crippen LogP contribution in [0.3, 0.4) is 0 Å². The van der Waals surface area contributed by atoms with Crippen LogP contribution in [0.5, 0.6) is 0 Å². The van der Waals surface area contributed by atoms with Crippen molar-refractivity contribution in [2.75, 3.05) is 19.8 Å². The van der Waals surface area contributed by atoms with E-state index in [4.69, 9.17) is 28.7 Å². The molecule has 0 N–H and O–H groups in total. The Labute approximate surface area is 198 Å². The van der Waals surface area contributed by atoms with Gasteiger partial charge in [0, 0.05) is 6.61 Å². The first-order valence-electron chi connectivity index (χ1n) is 12.8. The first-order valence-corrected chi connectivity index (χ1v) is 12.8. The second-order valence-electron chi connectivity index (χ2n) is 10.7. The first-order chi connectivity index (χ1) is 14.8. The van der Waals surface area contributed by atoms with Gasteiger partial charge in [-0.15, -0.1) is 0 Å². The molecule has 0 heterocycles. The summed E-state index contributed by atoms with van der Waals surface area (Å²) in [5, 5.41) is 0. The molecular weight excluding hydrogens is 408 g/mol. The summed E-state index contributed by atoms with van der Waals surface area (Å²) in [4.78, 5) is 11.8. The normalized spacial score (nSPS) is 16.9. The van der Waals surface area contributed by atoms with Crippen LogP contribution in [0.1, 0.15) is 115 Å². The fourth-order valence-corrected chi connectivity index (χ4v) is 2.91. The number of rotatable bonds is 19. The van der Waals surface area contributed by atoms with Crippen molar-refractivity contribution in [2.45, 2.75) is 139 Å². The van der Waals surface area contributed by atoms with Crippen molar-refractivity contribution in [3.63, 3.8) is 0 Å². The monoisotopic (exact) mass is 462 g/mol. The van der Waals surface area contributed by atoms with Crippen LogP contribution >= 0.6 is 0 Å². The molecule has 6 heteroatoms. The SMILES string of the molecule is CCCCCOOC(OCC(C)C)(OC(C)(C)C)C(C)(C)C(OCCCC)OC(C)CC. The number of unbranched alkanes of at least 4 members (excludes halogenated alkanes) is 3. The van der Waals surface area contributed by atoms with Gasteiger partial charge in [-0.05, 0) is 66.7 Å².